The van der Waals surface area contributed by atoms with Gasteiger partial charge in [-0.05, 0) is 28.1 Å². The summed E-state index contributed by atoms with van der Waals surface area (Å²) < 4.78 is 14.2. The molecule has 2 rings (SSSR count). The average molecular weight is 193 g/mol. The molecule has 1 aromatic carbocycles. The third-order valence-corrected chi connectivity index (χ3v) is 1.83. The van der Waals surface area contributed by atoms with Gasteiger partial charge in [0, 0.05) is 5.69 Å². The Kier molecular flexibility index (Phi) is 2.10. The lowest BCUT2D eigenvalue weighted by atomic mass is 10.2. The Hall–Kier alpha value is -1.98. The van der Waals surface area contributed by atoms with E-state index < -0.39 is 0 Å². The normalized spacial score (nSPS) is 10.4. The van der Waals surface area contributed by atoms with Gasteiger partial charge in [0.15, 0.2) is 0 Å². The monoisotopic (exact) mass is 193 g/mol. The van der Waals surface area contributed by atoms with E-state index in [1.165, 1.54) is 23.1 Å². The topological polar surface area (TPSA) is 69.6 Å². The summed E-state index contributed by atoms with van der Waals surface area (Å²) in [5.41, 5.74) is 6.81. The molecule has 0 spiro atoms. The summed E-state index contributed by atoms with van der Waals surface area (Å²) in [6.07, 6.45) is 1.47. The van der Waals surface area contributed by atoms with Gasteiger partial charge in [-0.3, -0.25) is 0 Å². The quantitative estimate of drug-likeness (QED) is 0.703. The molecular weight excluding hydrogens is 185 g/mol. The summed E-state index contributed by atoms with van der Waals surface area (Å²) in [6, 6.07) is 4.25. The number of tetrazole rings is 1. The zero-order valence-corrected chi connectivity index (χ0v) is 7.26. The van der Waals surface area contributed by atoms with Gasteiger partial charge in [-0.15, -0.1) is 5.10 Å². The van der Waals surface area contributed by atoms with Gasteiger partial charge in [0.05, 0.1) is 6.54 Å². The molecule has 1 aromatic heterocycles. The van der Waals surface area contributed by atoms with Crippen molar-refractivity contribution in [1.29, 1.82) is 0 Å². The van der Waals surface area contributed by atoms with E-state index in [9.17, 15) is 4.39 Å². The molecule has 2 aromatic rings. The first-order valence-corrected chi connectivity index (χ1v) is 4.00. The Morgan fingerprint density at radius 2 is 2.29 bits per heavy atom. The number of nitrogens with two attached hydrogens (primary N) is 1. The highest BCUT2D eigenvalue weighted by Crippen LogP contribution is 2.13. The molecule has 14 heavy (non-hydrogen) atoms. The lowest BCUT2D eigenvalue weighted by Crippen LogP contribution is -2.04. The van der Waals surface area contributed by atoms with Crippen LogP contribution in [0.1, 0.15) is 5.56 Å². The minimum Gasteiger partial charge on any atom is -0.398 e. The first-order valence-electron chi connectivity index (χ1n) is 4.00. The van der Waals surface area contributed by atoms with Crippen LogP contribution in [-0.4, -0.2) is 20.2 Å². The highest BCUT2D eigenvalue weighted by atomic mass is 19.1. The van der Waals surface area contributed by atoms with E-state index in [-0.39, 0.29) is 5.82 Å². The standard InChI is InChI=1S/C8H8FN5/c9-7-2-1-6(8(10)3-7)4-14-5-11-12-13-14/h1-3,5H,4,10H2. The molecule has 0 fully saturated rings. The van der Waals surface area contributed by atoms with Crippen LogP contribution in [0.5, 0.6) is 0 Å². The highest BCUT2D eigenvalue weighted by molar-refractivity contribution is 5.46. The number of aromatic nitrogens is 4. The Labute approximate surface area is 79.3 Å². The van der Waals surface area contributed by atoms with Crippen LogP contribution in [0.4, 0.5) is 10.1 Å². The second-order valence-corrected chi connectivity index (χ2v) is 2.85. The highest BCUT2D eigenvalue weighted by Gasteiger charge is 2.02. The number of benzene rings is 1. The summed E-state index contributed by atoms with van der Waals surface area (Å²) in [6.45, 7) is 0.444. The molecule has 0 bridgehead atoms. The van der Waals surface area contributed by atoms with Crippen molar-refractivity contribution in [3.63, 3.8) is 0 Å². The Morgan fingerprint density at radius 3 is 2.93 bits per heavy atom. The first kappa shape index (κ1) is 8.61. The molecule has 2 N–H and O–H groups in total. The SMILES string of the molecule is Nc1cc(F)ccc1Cn1cnnn1. The number of hydrogen-bond donors (Lipinski definition) is 1. The van der Waals surface area contributed by atoms with E-state index in [2.05, 4.69) is 15.5 Å². The number of halogens is 1. The number of anilines is 1. The van der Waals surface area contributed by atoms with Crippen molar-refractivity contribution in [2.75, 3.05) is 5.73 Å². The van der Waals surface area contributed by atoms with Crippen molar-refractivity contribution in [3.05, 3.63) is 35.9 Å². The summed E-state index contributed by atoms with van der Waals surface area (Å²) in [7, 11) is 0. The maximum atomic E-state index is 12.7. The van der Waals surface area contributed by atoms with Crippen LogP contribution in [-0.2, 0) is 6.54 Å². The minimum absolute atomic E-state index is 0.344. The second-order valence-electron chi connectivity index (χ2n) is 2.85. The maximum Gasteiger partial charge on any atom is 0.138 e. The predicted molar refractivity (Wildman–Crippen MR) is 47.7 cm³/mol. The van der Waals surface area contributed by atoms with Crippen LogP contribution in [0.15, 0.2) is 24.5 Å². The zero-order valence-electron chi connectivity index (χ0n) is 7.26. The molecule has 0 saturated carbocycles. The van der Waals surface area contributed by atoms with Crippen LogP contribution in [0.2, 0.25) is 0 Å². The van der Waals surface area contributed by atoms with Crippen molar-refractivity contribution in [1.82, 2.24) is 20.2 Å². The summed E-state index contributed by atoms with van der Waals surface area (Å²) in [4.78, 5) is 0. The van der Waals surface area contributed by atoms with Gasteiger partial charge in [0.25, 0.3) is 0 Å². The third-order valence-electron chi connectivity index (χ3n) is 1.83. The Balaban J connectivity index is 2.25. The zero-order chi connectivity index (χ0) is 9.97. The Morgan fingerprint density at radius 1 is 1.43 bits per heavy atom. The number of hydrogen-bond acceptors (Lipinski definition) is 4. The van der Waals surface area contributed by atoms with E-state index in [0.717, 1.165) is 5.56 Å². The lowest BCUT2D eigenvalue weighted by molar-refractivity contribution is 0.622. The molecule has 1 heterocycles. The summed E-state index contributed by atoms with van der Waals surface area (Å²) >= 11 is 0. The van der Waals surface area contributed by atoms with E-state index in [0.29, 0.717) is 12.2 Å². The average Bonchev–Trinajstić information content (AvgIpc) is 2.62. The third kappa shape index (κ3) is 1.68. The van der Waals surface area contributed by atoms with Crippen molar-refractivity contribution in [2.24, 2.45) is 0 Å². The Bertz CT molecular complexity index is 425. The number of nitrogens with zero attached hydrogens (tertiary/aromatic N) is 4. The minimum atomic E-state index is -0.344. The fraction of sp³-hybridized carbons (Fsp3) is 0.125. The fourth-order valence-electron chi connectivity index (χ4n) is 1.14. The van der Waals surface area contributed by atoms with E-state index in [4.69, 9.17) is 5.73 Å². The van der Waals surface area contributed by atoms with Gasteiger partial charge in [0.2, 0.25) is 0 Å². The first-order chi connectivity index (χ1) is 6.75. The fourth-order valence-corrected chi connectivity index (χ4v) is 1.14. The molecule has 0 aliphatic carbocycles. The summed E-state index contributed by atoms with van der Waals surface area (Å²) in [5, 5.41) is 10.6. The van der Waals surface area contributed by atoms with Crippen LogP contribution in [0.3, 0.4) is 0 Å². The molecule has 0 saturated heterocycles. The largest absolute Gasteiger partial charge is 0.398 e. The van der Waals surface area contributed by atoms with Gasteiger partial charge >= 0.3 is 0 Å². The molecule has 0 amide bonds. The summed E-state index contributed by atoms with van der Waals surface area (Å²) in [5.74, 6) is -0.344. The molecule has 6 heteroatoms. The van der Waals surface area contributed by atoms with E-state index >= 15 is 0 Å². The smallest absolute Gasteiger partial charge is 0.138 e. The molecular formula is C8H8FN5. The van der Waals surface area contributed by atoms with Crippen LogP contribution in [0, 0.1) is 5.82 Å². The molecule has 0 atom stereocenters. The number of rotatable bonds is 2. The van der Waals surface area contributed by atoms with Crippen molar-refractivity contribution < 1.29 is 4.39 Å². The molecule has 0 aliphatic rings. The van der Waals surface area contributed by atoms with E-state index in [1.807, 2.05) is 0 Å². The molecule has 0 radical (unpaired) electrons. The number of nitrogen functional groups attached to an aromatic ring is 1. The van der Waals surface area contributed by atoms with Crippen LogP contribution in [0.25, 0.3) is 0 Å². The van der Waals surface area contributed by atoms with Crippen molar-refractivity contribution >= 4 is 5.69 Å². The second kappa shape index (κ2) is 3.41. The maximum absolute atomic E-state index is 12.7. The van der Waals surface area contributed by atoms with E-state index in [1.54, 1.807) is 6.07 Å². The predicted octanol–water partition coefficient (Wildman–Crippen LogP) is 0.443. The molecule has 0 unspecified atom stereocenters. The van der Waals surface area contributed by atoms with Gasteiger partial charge in [-0.25, -0.2) is 9.07 Å². The molecule has 72 valence electrons. The molecule has 5 nitrogen and oxygen atoms in total. The van der Waals surface area contributed by atoms with Crippen LogP contribution < -0.4 is 5.73 Å². The van der Waals surface area contributed by atoms with Gasteiger partial charge < -0.3 is 5.73 Å². The lowest BCUT2D eigenvalue weighted by Gasteiger charge is -2.04. The van der Waals surface area contributed by atoms with Crippen molar-refractivity contribution in [2.45, 2.75) is 6.54 Å². The van der Waals surface area contributed by atoms with Gasteiger partial charge in [0.1, 0.15) is 12.1 Å². The molecule has 0 aliphatic heterocycles. The van der Waals surface area contributed by atoms with Crippen molar-refractivity contribution in [3.8, 4) is 0 Å². The van der Waals surface area contributed by atoms with Gasteiger partial charge in [-0.2, -0.15) is 0 Å². The van der Waals surface area contributed by atoms with Crippen LogP contribution >= 0.6 is 0 Å². The van der Waals surface area contributed by atoms with Gasteiger partial charge in [-0.1, -0.05) is 6.07 Å².